The van der Waals surface area contributed by atoms with E-state index in [-0.39, 0.29) is 11.3 Å². The quantitative estimate of drug-likeness (QED) is 0.741. The summed E-state index contributed by atoms with van der Waals surface area (Å²) in [4.78, 5) is 2.78. The highest BCUT2D eigenvalue weighted by atomic mass is 32.2. The van der Waals surface area contributed by atoms with Crippen molar-refractivity contribution < 1.29 is 8.42 Å². The zero-order chi connectivity index (χ0) is 19.7. The van der Waals surface area contributed by atoms with Gasteiger partial charge >= 0.3 is 0 Å². The van der Waals surface area contributed by atoms with Gasteiger partial charge in [-0.1, -0.05) is 49.6 Å². The molecule has 28 heavy (non-hydrogen) atoms. The molecule has 152 valence electrons. The van der Waals surface area contributed by atoms with Crippen LogP contribution < -0.4 is 0 Å². The number of hydrogen-bond donors (Lipinski definition) is 1. The van der Waals surface area contributed by atoms with E-state index in [9.17, 15) is 8.42 Å². The summed E-state index contributed by atoms with van der Waals surface area (Å²) in [6, 6.07) is 13.9. The van der Waals surface area contributed by atoms with E-state index >= 15 is 0 Å². The number of thiol groups is 1. The maximum absolute atomic E-state index is 13.5. The second-order valence-corrected chi connectivity index (χ2v) is 11.0. The lowest BCUT2D eigenvalue weighted by molar-refractivity contribution is 0.162. The predicted octanol–water partition coefficient (Wildman–Crippen LogP) is 4.17. The van der Waals surface area contributed by atoms with E-state index in [1.54, 1.807) is 16.4 Å². The third-order valence-electron chi connectivity index (χ3n) is 6.37. The van der Waals surface area contributed by atoms with Crippen LogP contribution in [0.25, 0.3) is 10.8 Å². The minimum absolute atomic E-state index is 0.00843. The van der Waals surface area contributed by atoms with E-state index in [1.807, 2.05) is 30.3 Å². The van der Waals surface area contributed by atoms with Crippen LogP contribution in [0.4, 0.5) is 0 Å². The van der Waals surface area contributed by atoms with E-state index in [2.05, 4.69) is 24.6 Å². The van der Waals surface area contributed by atoms with Crippen LogP contribution in [0.5, 0.6) is 0 Å². The molecule has 6 heteroatoms. The van der Waals surface area contributed by atoms with Crippen molar-refractivity contribution in [1.29, 1.82) is 0 Å². The SMILES string of the molecule is CN(C[C@@H]1C[C@@H](S)CN1S(=O)(=O)c1ccc2ccccc2c1)C1CCCCC1. The molecule has 1 aliphatic heterocycles. The van der Waals surface area contributed by atoms with Crippen LogP contribution in [0.1, 0.15) is 38.5 Å². The summed E-state index contributed by atoms with van der Waals surface area (Å²) in [5, 5.41) is 2.12. The van der Waals surface area contributed by atoms with Crippen LogP contribution in [-0.2, 0) is 10.0 Å². The first-order valence-corrected chi connectivity index (χ1v) is 12.3. The summed E-state index contributed by atoms with van der Waals surface area (Å²) in [6.45, 7) is 1.27. The van der Waals surface area contributed by atoms with Gasteiger partial charge in [-0.2, -0.15) is 16.9 Å². The van der Waals surface area contributed by atoms with Gasteiger partial charge in [0.1, 0.15) is 0 Å². The third-order valence-corrected chi connectivity index (χ3v) is 8.65. The molecule has 0 bridgehead atoms. The smallest absolute Gasteiger partial charge is 0.243 e. The van der Waals surface area contributed by atoms with E-state index < -0.39 is 10.0 Å². The lowest BCUT2D eigenvalue weighted by Gasteiger charge is -2.35. The molecule has 2 aromatic rings. The maximum Gasteiger partial charge on any atom is 0.243 e. The van der Waals surface area contributed by atoms with E-state index in [0.29, 0.717) is 17.5 Å². The minimum Gasteiger partial charge on any atom is -0.302 e. The molecule has 2 aromatic carbocycles. The summed E-state index contributed by atoms with van der Waals surface area (Å²) in [5.41, 5.74) is 0. The fraction of sp³-hybridized carbons (Fsp3) is 0.545. The fourth-order valence-corrected chi connectivity index (χ4v) is 7.03. The highest BCUT2D eigenvalue weighted by Gasteiger charge is 2.40. The van der Waals surface area contributed by atoms with Gasteiger partial charge in [-0.25, -0.2) is 8.42 Å². The Morgan fingerprint density at radius 2 is 1.79 bits per heavy atom. The Labute approximate surface area is 174 Å². The van der Waals surface area contributed by atoms with Gasteiger partial charge in [0.15, 0.2) is 0 Å². The molecule has 1 heterocycles. The Kier molecular flexibility index (Phi) is 6.02. The van der Waals surface area contributed by atoms with Gasteiger partial charge in [0.25, 0.3) is 0 Å². The molecule has 0 spiro atoms. The number of rotatable bonds is 5. The van der Waals surface area contributed by atoms with Crippen LogP contribution in [0.2, 0.25) is 0 Å². The van der Waals surface area contributed by atoms with Gasteiger partial charge in [-0.05, 0) is 49.2 Å². The van der Waals surface area contributed by atoms with Crippen molar-refractivity contribution in [3.63, 3.8) is 0 Å². The second-order valence-electron chi connectivity index (χ2n) is 8.36. The zero-order valence-electron chi connectivity index (χ0n) is 16.5. The molecule has 1 saturated carbocycles. The molecule has 1 saturated heterocycles. The highest BCUT2D eigenvalue weighted by molar-refractivity contribution is 7.89. The highest BCUT2D eigenvalue weighted by Crippen LogP contribution is 2.31. The number of benzene rings is 2. The normalized spacial score (nSPS) is 25.0. The van der Waals surface area contributed by atoms with Crippen LogP contribution in [0.3, 0.4) is 0 Å². The molecule has 1 aliphatic carbocycles. The standard InChI is InChI=1S/C22H30N2O2S2/c1-23(19-9-3-2-4-10-19)15-20-14-21(27)16-24(20)28(25,26)22-12-11-17-7-5-6-8-18(17)13-22/h5-8,11-13,19-21,27H,2-4,9-10,14-16H2,1H3/t20-,21+/m0/s1. The largest absolute Gasteiger partial charge is 0.302 e. The summed E-state index contributed by atoms with van der Waals surface area (Å²) in [7, 11) is -1.38. The zero-order valence-corrected chi connectivity index (χ0v) is 18.2. The Balaban J connectivity index is 1.57. The van der Waals surface area contributed by atoms with Crippen LogP contribution >= 0.6 is 12.6 Å². The molecule has 2 aliphatic rings. The van der Waals surface area contributed by atoms with Gasteiger partial charge in [0, 0.05) is 30.4 Å². The van der Waals surface area contributed by atoms with E-state index in [1.165, 1.54) is 32.1 Å². The molecule has 0 aromatic heterocycles. The van der Waals surface area contributed by atoms with Crippen molar-refractivity contribution in [3.05, 3.63) is 42.5 Å². The van der Waals surface area contributed by atoms with Crippen LogP contribution in [0.15, 0.2) is 47.4 Å². The fourth-order valence-electron chi connectivity index (χ4n) is 4.79. The monoisotopic (exact) mass is 418 g/mol. The summed E-state index contributed by atoms with van der Waals surface area (Å²) >= 11 is 4.64. The topological polar surface area (TPSA) is 40.6 Å². The van der Waals surface area contributed by atoms with Gasteiger partial charge < -0.3 is 4.90 Å². The summed E-state index contributed by atoms with van der Waals surface area (Å²) < 4.78 is 28.6. The molecule has 0 radical (unpaired) electrons. The van der Waals surface area contributed by atoms with Gasteiger partial charge in [0.2, 0.25) is 10.0 Å². The van der Waals surface area contributed by atoms with Gasteiger partial charge in [-0.3, -0.25) is 0 Å². The van der Waals surface area contributed by atoms with E-state index in [4.69, 9.17) is 0 Å². The van der Waals surface area contributed by atoms with Crippen molar-refractivity contribution >= 4 is 33.4 Å². The average Bonchev–Trinajstić information content (AvgIpc) is 3.09. The average molecular weight is 419 g/mol. The van der Waals surface area contributed by atoms with Crippen LogP contribution in [-0.4, -0.2) is 55.1 Å². The third kappa shape index (κ3) is 4.11. The Bertz CT molecular complexity index is 925. The Morgan fingerprint density at radius 3 is 2.54 bits per heavy atom. The van der Waals surface area contributed by atoms with E-state index in [0.717, 1.165) is 23.7 Å². The minimum atomic E-state index is -3.53. The van der Waals surface area contributed by atoms with Crippen molar-refractivity contribution in [1.82, 2.24) is 9.21 Å². The molecule has 2 atom stereocenters. The lowest BCUT2D eigenvalue weighted by atomic mass is 9.94. The lowest BCUT2D eigenvalue weighted by Crippen LogP contribution is -2.45. The molecule has 0 N–H and O–H groups in total. The summed E-state index contributed by atoms with van der Waals surface area (Å²) in [5.74, 6) is 0. The first-order valence-electron chi connectivity index (χ1n) is 10.3. The molecule has 0 amide bonds. The number of nitrogens with zero attached hydrogens (tertiary/aromatic N) is 2. The Morgan fingerprint density at radius 1 is 1.07 bits per heavy atom. The molecule has 2 fully saturated rings. The predicted molar refractivity (Wildman–Crippen MR) is 119 cm³/mol. The number of fused-ring (bicyclic) bond motifs is 1. The molecule has 4 nitrogen and oxygen atoms in total. The van der Waals surface area contributed by atoms with Crippen molar-refractivity contribution in [2.24, 2.45) is 0 Å². The van der Waals surface area contributed by atoms with Gasteiger partial charge in [-0.15, -0.1) is 0 Å². The Hall–Kier alpha value is -1.08. The van der Waals surface area contributed by atoms with Gasteiger partial charge in [0.05, 0.1) is 4.90 Å². The maximum atomic E-state index is 13.5. The molecular formula is C22H30N2O2S2. The van der Waals surface area contributed by atoms with Crippen molar-refractivity contribution in [3.8, 4) is 0 Å². The van der Waals surface area contributed by atoms with Crippen molar-refractivity contribution in [2.45, 2.75) is 60.8 Å². The number of sulfonamides is 1. The first-order chi connectivity index (χ1) is 13.4. The summed E-state index contributed by atoms with van der Waals surface area (Å²) in [6.07, 6.45) is 7.17. The first kappa shape index (κ1) is 20.2. The van der Waals surface area contributed by atoms with Crippen LogP contribution in [0, 0.1) is 0 Å². The second kappa shape index (κ2) is 8.34. The molecular weight excluding hydrogens is 388 g/mol. The molecule has 0 unspecified atom stereocenters. The molecule has 4 rings (SSSR count). The number of hydrogen-bond acceptors (Lipinski definition) is 4. The van der Waals surface area contributed by atoms with Crippen molar-refractivity contribution in [2.75, 3.05) is 20.1 Å². The number of likely N-dealkylation sites (N-methyl/N-ethyl adjacent to an activating group) is 1.